The molecule has 0 spiro atoms. The minimum Gasteiger partial charge on any atom is -0.387 e. The highest BCUT2D eigenvalue weighted by Gasteiger charge is 2.16. The molecule has 0 heterocycles. The summed E-state index contributed by atoms with van der Waals surface area (Å²) in [4.78, 5) is 2.15. The number of rotatable bonds is 6. The Morgan fingerprint density at radius 1 is 1.04 bits per heavy atom. The average Bonchev–Trinajstić information content (AvgIpc) is 2.53. The third kappa shape index (κ3) is 4.54. The van der Waals surface area contributed by atoms with Crippen molar-refractivity contribution in [2.75, 3.05) is 25.5 Å². The molecule has 0 aromatic heterocycles. The van der Waals surface area contributed by atoms with E-state index in [-0.39, 0.29) is 11.4 Å². The average molecular weight is 334 g/mol. The Bertz CT molecular complexity index is 738. The fraction of sp³-hybridized carbons (Fsp3) is 0.294. The zero-order valence-electron chi connectivity index (χ0n) is 13.5. The van der Waals surface area contributed by atoms with Crippen molar-refractivity contribution in [1.29, 1.82) is 0 Å². The first-order valence-corrected chi connectivity index (χ1v) is 8.79. The van der Waals surface area contributed by atoms with Gasteiger partial charge in [0.2, 0.25) is 10.0 Å². The standard InChI is InChI=1S/C17H22N2O3S/c1-13-4-10-16(11-5-13)23(21,22)18-12-17(20)14-6-8-15(9-7-14)19(2)3/h4-11,17-18,20H,12H2,1-3H3/t17-/m0/s1. The van der Waals surface area contributed by atoms with Gasteiger partial charge in [-0.2, -0.15) is 0 Å². The molecule has 5 nitrogen and oxygen atoms in total. The number of aryl methyl sites for hydroxylation is 1. The third-order valence-electron chi connectivity index (χ3n) is 3.59. The monoisotopic (exact) mass is 334 g/mol. The van der Waals surface area contributed by atoms with E-state index < -0.39 is 16.1 Å². The highest BCUT2D eigenvalue weighted by Crippen LogP contribution is 2.18. The van der Waals surface area contributed by atoms with Crippen LogP contribution in [-0.2, 0) is 10.0 Å². The molecule has 124 valence electrons. The molecule has 0 aliphatic rings. The van der Waals surface area contributed by atoms with Crippen LogP contribution in [0.2, 0.25) is 0 Å². The number of hydrogen-bond donors (Lipinski definition) is 2. The molecular formula is C17H22N2O3S. The molecule has 0 fully saturated rings. The second-order valence-electron chi connectivity index (χ2n) is 5.67. The molecule has 0 amide bonds. The molecule has 2 rings (SSSR count). The fourth-order valence-corrected chi connectivity index (χ4v) is 3.14. The molecule has 6 heteroatoms. The van der Waals surface area contributed by atoms with Gasteiger partial charge in [0, 0.05) is 26.3 Å². The molecule has 1 atom stereocenters. The van der Waals surface area contributed by atoms with E-state index in [4.69, 9.17) is 0 Å². The number of aliphatic hydroxyl groups excluding tert-OH is 1. The second kappa shape index (κ2) is 7.12. The number of hydrogen-bond acceptors (Lipinski definition) is 4. The topological polar surface area (TPSA) is 69.6 Å². The Kier molecular flexibility index (Phi) is 5.41. The largest absolute Gasteiger partial charge is 0.387 e. The van der Waals surface area contributed by atoms with Crippen LogP contribution in [0.25, 0.3) is 0 Å². The fourth-order valence-electron chi connectivity index (χ4n) is 2.10. The van der Waals surface area contributed by atoms with Crippen LogP contribution in [0.3, 0.4) is 0 Å². The maximum atomic E-state index is 12.2. The van der Waals surface area contributed by atoms with Gasteiger partial charge in [-0.05, 0) is 36.8 Å². The quantitative estimate of drug-likeness (QED) is 0.848. The minimum atomic E-state index is -3.62. The van der Waals surface area contributed by atoms with Crippen molar-refractivity contribution < 1.29 is 13.5 Å². The van der Waals surface area contributed by atoms with Gasteiger partial charge in [0.15, 0.2) is 0 Å². The summed E-state index contributed by atoms with van der Waals surface area (Å²) in [6.45, 7) is 1.82. The number of aliphatic hydroxyl groups is 1. The minimum absolute atomic E-state index is 0.0719. The van der Waals surface area contributed by atoms with E-state index in [1.807, 2.05) is 38.1 Å². The number of sulfonamides is 1. The van der Waals surface area contributed by atoms with Crippen LogP contribution in [0, 0.1) is 6.92 Å². The van der Waals surface area contributed by atoms with Gasteiger partial charge in [0.1, 0.15) is 0 Å². The van der Waals surface area contributed by atoms with Crippen LogP contribution < -0.4 is 9.62 Å². The van der Waals surface area contributed by atoms with Crippen LogP contribution in [0.4, 0.5) is 5.69 Å². The first kappa shape index (κ1) is 17.5. The molecule has 2 aromatic rings. The number of benzene rings is 2. The Hall–Kier alpha value is -1.89. The molecule has 2 N–H and O–H groups in total. The molecule has 0 bridgehead atoms. The van der Waals surface area contributed by atoms with Crippen molar-refractivity contribution in [2.45, 2.75) is 17.9 Å². The number of anilines is 1. The van der Waals surface area contributed by atoms with Crippen LogP contribution in [-0.4, -0.2) is 34.2 Å². The third-order valence-corrected chi connectivity index (χ3v) is 5.03. The molecule has 0 saturated carbocycles. The van der Waals surface area contributed by atoms with Crippen molar-refractivity contribution in [2.24, 2.45) is 0 Å². The highest BCUT2D eigenvalue weighted by atomic mass is 32.2. The zero-order valence-corrected chi connectivity index (χ0v) is 14.3. The second-order valence-corrected chi connectivity index (χ2v) is 7.43. The number of nitrogens with one attached hydrogen (secondary N) is 1. The molecule has 0 aliphatic heterocycles. The molecule has 0 aliphatic carbocycles. The smallest absolute Gasteiger partial charge is 0.240 e. The normalized spacial score (nSPS) is 12.9. The van der Waals surface area contributed by atoms with Gasteiger partial charge in [0.05, 0.1) is 11.0 Å². The van der Waals surface area contributed by atoms with Gasteiger partial charge >= 0.3 is 0 Å². The Morgan fingerprint density at radius 3 is 2.13 bits per heavy atom. The Labute approximate surface area is 137 Å². The van der Waals surface area contributed by atoms with Crippen LogP contribution >= 0.6 is 0 Å². The molecule has 0 saturated heterocycles. The van der Waals surface area contributed by atoms with Gasteiger partial charge in [-0.3, -0.25) is 0 Å². The lowest BCUT2D eigenvalue weighted by Crippen LogP contribution is -2.28. The summed E-state index contributed by atoms with van der Waals surface area (Å²) in [5.74, 6) is 0. The summed E-state index contributed by atoms with van der Waals surface area (Å²) in [5, 5.41) is 10.2. The summed E-state index contributed by atoms with van der Waals surface area (Å²) in [5.41, 5.74) is 2.67. The van der Waals surface area contributed by atoms with Crippen LogP contribution in [0.5, 0.6) is 0 Å². The first-order chi connectivity index (χ1) is 10.8. The molecule has 0 unspecified atom stereocenters. The van der Waals surface area contributed by atoms with Gasteiger partial charge < -0.3 is 10.0 Å². The van der Waals surface area contributed by atoms with E-state index in [0.717, 1.165) is 11.3 Å². The summed E-state index contributed by atoms with van der Waals surface area (Å²) in [6.07, 6.45) is -0.897. The molecule has 2 aromatic carbocycles. The van der Waals surface area contributed by atoms with Crippen LogP contribution in [0.15, 0.2) is 53.4 Å². The van der Waals surface area contributed by atoms with Gasteiger partial charge in [-0.1, -0.05) is 29.8 Å². The van der Waals surface area contributed by atoms with Crippen molar-refractivity contribution in [3.05, 3.63) is 59.7 Å². The van der Waals surface area contributed by atoms with Crippen molar-refractivity contribution in [3.63, 3.8) is 0 Å². The van der Waals surface area contributed by atoms with Crippen molar-refractivity contribution in [3.8, 4) is 0 Å². The van der Waals surface area contributed by atoms with E-state index in [1.54, 1.807) is 36.4 Å². The summed E-state index contributed by atoms with van der Waals surface area (Å²) in [7, 11) is 0.243. The van der Waals surface area contributed by atoms with Gasteiger partial charge in [-0.15, -0.1) is 0 Å². The lowest BCUT2D eigenvalue weighted by Gasteiger charge is -2.16. The van der Waals surface area contributed by atoms with E-state index in [9.17, 15) is 13.5 Å². The molecule has 23 heavy (non-hydrogen) atoms. The lowest BCUT2D eigenvalue weighted by atomic mass is 10.1. The summed E-state index contributed by atoms with van der Waals surface area (Å²) in [6, 6.07) is 13.9. The lowest BCUT2D eigenvalue weighted by molar-refractivity contribution is 0.182. The van der Waals surface area contributed by atoms with E-state index >= 15 is 0 Å². The predicted molar refractivity (Wildman–Crippen MR) is 92.1 cm³/mol. The maximum absolute atomic E-state index is 12.2. The summed E-state index contributed by atoms with van der Waals surface area (Å²) >= 11 is 0. The van der Waals surface area contributed by atoms with E-state index in [0.29, 0.717) is 5.56 Å². The van der Waals surface area contributed by atoms with E-state index in [1.165, 1.54) is 0 Å². The Morgan fingerprint density at radius 2 is 1.61 bits per heavy atom. The maximum Gasteiger partial charge on any atom is 0.240 e. The van der Waals surface area contributed by atoms with Crippen LogP contribution in [0.1, 0.15) is 17.2 Å². The zero-order chi connectivity index (χ0) is 17.0. The van der Waals surface area contributed by atoms with Gasteiger partial charge in [0.25, 0.3) is 0 Å². The Balaban J connectivity index is 2.03. The van der Waals surface area contributed by atoms with Gasteiger partial charge in [-0.25, -0.2) is 13.1 Å². The van der Waals surface area contributed by atoms with Crippen molar-refractivity contribution in [1.82, 2.24) is 4.72 Å². The predicted octanol–water partition coefficient (Wildman–Crippen LogP) is 2.07. The number of nitrogens with zero attached hydrogens (tertiary/aromatic N) is 1. The first-order valence-electron chi connectivity index (χ1n) is 7.31. The van der Waals surface area contributed by atoms with E-state index in [2.05, 4.69) is 4.72 Å². The summed E-state index contributed by atoms with van der Waals surface area (Å²) < 4.78 is 26.8. The molecular weight excluding hydrogens is 312 g/mol. The molecule has 0 radical (unpaired) electrons. The van der Waals surface area contributed by atoms with Crippen molar-refractivity contribution >= 4 is 15.7 Å². The SMILES string of the molecule is Cc1ccc(S(=O)(=O)NC[C@H](O)c2ccc(N(C)C)cc2)cc1. The highest BCUT2D eigenvalue weighted by molar-refractivity contribution is 7.89.